The van der Waals surface area contributed by atoms with E-state index in [1.54, 1.807) is 0 Å². The molecule has 0 aromatic carbocycles. The molecule has 0 aromatic rings. The minimum Gasteiger partial charge on any atom is -0.469 e. The monoisotopic (exact) mass is 267 g/mol. The van der Waals surface area contributed by atoms with Crippen LogP contribution in [0.25, 0.3) is 0 Å². The lowest BCUT2D eigenvalue weighted by Crippen LogP contribution is -2.44. The standard InChI is InChI=1S/C12H20F3NO2/c1-18-11(17)10(8-5-3-2-4-6-8)9(16)7-12(13,14)15/h8-10H,2-7,16H2,1H3. The Morgan fingerprint density at radius 2 is 1.89 bits per heavy atom. The molecular formula is C12H20F3NO2. The maximum atomic E-state index is 12.4. The van der Waals surface area contributed by atoms with Crippen LogP contribution in [0.1, 0.15) is 38.5 Å². The molecular weight excluding hydrogens is 247 g/mol. The molecule has 0 amide bonds. The van der Waals surface area contributed by atoms with Crippen LogP contribution in [-0.2, 0) is 9.53 Å². The van der Waals surface area contributed by atoms with Crippen LogP contribution in [0.15, 0.2) is 0 Å². The van der Waals surface area contributed by atoms with Crippen molar-refractivity contribution in [2.45, 2.75) is 50.7 Å². The fourth-order valence-corrected chi connectivity index (χ4v) is 2.74. The van der Waals surface area contributed by atoms with Crippen LogP contribution in [0.4, 0.5) is 13.2 Å². The van der Waals surface area contributed by atoms with Gasteiger partial charge in [-0.15, -0.1) is 0 Å². The predicted octanol–water partition coefficient (Wildman–Crippen LogP) is 2.64. The summed E-state index contributed by atoms with van der Waals surface area (Å²) >= 11 is 0. The summed E-state index contributed by atoms with van der Waals surface area (Å²) in [5.74, 6) is -1.53. The van der Waals surface area contributed by atoms with Gasteiger partial charge in [-0.2, -0.15) is 13.2 Å². The lowest BCUT2D eigenvalue weighted by atomic mass is 9.76. The Labute approximate surface area is 105 Å². The smallest absolute Gasteiger partial charge is 0.390 e. The number of methoxy groups -OCH3 is 1. The third-order valence-electron chi connectivity index (χ3n) is 3.56. The summed E-state index contributed by atoms with van der Waals surface area (Å²) in [7, 11) is 1.19. The molecule has 0 aromatic heterocycles. The first-order valence-electron chi connectivity index (χ1n) is 6.25. The topological polar surface area (TPSA) is 52.3 Å². The number of nitrogens with two attached hydrogens (primary N) is 1. The molecule has 1 aliphatic carbocycles. The maximum Gasteiger partial charge on any atom is 0.390 e. The van der Waals surface area contributed by atoms with Crippen LogP contribution in [0, 0.1) is 11.8 Å². The normalized spacial score (nSPS) is 21.4. The predicted molar refractivity (Wildman–Crippen MR) is 60.7 cm³/mol. The molecule has 0 bridgehead atoms. The lowest BCUT2D eigenvalue weighted by Gasteiger charge is -2.32. The van der Waals surface area contributed by atoms with Gasteiger partial charge in [-0.1, -0.05) is 19.3 Å². The number of esters is 1. The Kier molecular flexibility index (Phi) is 5.44. The third-order valence-corrected chi connectivity index (χ3v) is 3.56. The van der Waals surface area contributed by atoms with Crippen LogP contribution >= 0.6 is 0 Å². The number of rotatable bonds is 4. The van der Waals surface area contributed by atoms with E-state index in [0.29, 0.717) is 0 Å². The number of alkyl halides is 3. The number of hydrogen-bond acceptors (Lipinski definition) is 3. The molecule has 0 heterocycles. The second-order valence-corrected chi connectivity index (χ2v) is 4.93. The van der Waals surface area contributed by atoms with Crippen LogP contribution in [0.5, 0.6) is 0 Å². The summed E-state index contributed by atoms with van der Waals surface area (Å²) in [4.78, 5) is 11.7. The number of halogens is 3. The highest BCUT2D eigenvalue weighted by atomic mass is 19.4. The van der Waals surface area contributed by atoms with E-state index in [0.717, 1.165) is 32.1 Å². The van der Waals surface area contributed by atoms with Crippen molar-refractivity contribution in [2.75, 3.05) is 7.11 Å². The summed E-state index contributed by atoms with van der Waals surface area (Å²) in [6, 6.07) is -1.21. The van der Waals surface area contributed by atoms with Gasteiger partial charge in [0.25, 0.3) is 0 Å². The van der Waals surface area contributed by atoms with Crippen LogP contribution in [-0.4, -0.2) is 25.3 Å². The van der Waals surface area contributed by atoms with Crippen molar-refractivity contribution in [3.63, 3.8) is 0 Å². The van der Waals surface area contributed by atoms with Crippen molar-refractivity contribution in [3.8, 4) is 0 Å². The molecule has 0 aliphatic heterocycles. The van der Waals surface area contributed by atoms with Gasteiger partial charge in [0.05, 0.1) is 19.4 Å². The second kappa shape index (κ2) is 6.41. The zero-order chi connectivity index (χ0) is 13.8. The average molecular weight is 267 g/mol. The molecule has 1 aliphatic rings. The molecule has 0 spiro atoms. The summed E-state index contributed by atoms with van der Waals surface area (Å²) < 4.78 is 41.7. The molecule has 106 valence electrons. The van der Waals surface area contributed by atoms with Crippen LogP contribution in [0.3, 0.4) is 0 Å². The minimum atomic E-state index is -4.35. The van der Waals surface area contributed by atoms with Crippen molar-refractivity contribution >= 4 is 5.97 Å². The van der Waals surface area contributed by atoms with E-state index >= 15 is 0 Å². The first kappa shape index (κ1) is 15.3. The summed E-state index contributed by atoms with van der Waals surface area (Å²) in [5, 5.41) is 0. The summed E-state index contributed by atoms with van der Waals surface area (Å²) in [6.45, 7) is 0. The quantitative estimate of drug-likeness (QED) is 0.797. The van der Waals surface area contributed by atoms with Crippen molar-refractivity contribution in [3.05, 3.63) is 0 Å². The van der Waals surface area contributed by atoms with E-state index in [4.69, 9.17) is 5.73 Å². The molecule has 2 atom stereocenters. The summed E-state index contributed by atoms with van der Waals surface area (Å²) in [6.07, 6.45) is -1.02. The first-order valence-corrected chi connectivity index (χ1v) is 6.25. The highest BCUT2D eigenvalue weighted by molar-refractivity contribution is 5.73. The molecule has 0 saturated heterocycles. The highest BCUT2D eigenvalue weighted by Crippen LogP contribution is 2.35. The van der Waals surface area contributed by atoms with Gasteiger partial charge in [0.1, 0.15) is 0 Å². The molecule has 0 radical (unpaired) electrons. The Balaban J connectivity index is 2.73. The van der Waals surface area contributed by atoms with Crippen molar-refractivity contribution in [2.24, 2.45) is 17.6 Å². The van der Waals surface area contributed by atoms with Crippen molar-refractivity contribution < 1.29 is 22.7 Å². The zero-order valence-corrected chi connectivity index (χ0v) is 10.5. The van der Waals surface area contributed by atoms with Gasteiger partial charge in [0, 0.05) is 6.04 Å². The van der Waals surface area contributed by atoms with Gasteiger partial charge >= 0.3 is 12.1 Å². The van der Waals surface area contributed by atoms with E-state index in [1.165, 1.54) is 7.11 Å². The average Bonchev–Trinajstić information content (AvgIpc) is 2.28. The Morgan fingerprint density at radius 1 is 1.33 bits per heavy atom. The lowest BCUT2D eigenvalue weighted by molar-refractivity contribution is -0.157. The molecule has 18 heavy (non-hydrogen) atoms. The van der Waals surface area contributed by atoms with Crippen LogP contribution < -0.4 is 5.73 Å². The zero-order valence-electron chi connectivity index (χ0n) is 10.5. The molecule has 6 heteroatoms. The minimum absolute atomic E-state index is 0.0800. The summed E-state index contributed by atoms with van der Waals surface area (Å²) in [5.41, 5.74) is 5.59. The van der Waals surface area contributed by atoms with Crippen molar-refractivity contribution in [1.82, 2.24) is 0 Å². The molecule has 1 rings (SSSR count). The fraction of sp³-hybridized carbons (Fsp3) is 0.917. The van der Waals surface area contributed by atoms with E-state index in [-0.39, 0.29) is 5.92 Å². The highest BCUT2D eigenvalue weighted by Gasteiger charge is 2.40. The molecule has 1 saturated carbocycles. The number of carbonyl (C=O) groups is 1. The Morgan fingerprint density at radius 3 is 2.33 bits per heavy atom. The van der Waals surface area contributed by atoms with E-state index in [2.05, 4.69) is 4.74 Å². The molecule has 2 unspecified atom stereocenters. The van der Waals surface area contributed by atoms with E-state index in [1.807, 2.05) is 0 Å². The Hall–Kier alpha value is -0.780. The van der Waals surface area contributed by atoms with Crippen LogP contribution in [0.2, 0.25) is 0 Å². The van der Waals surface area contributed by atoms with Gasteiger partial charge in [-0.25, -0.2) is 0 Å². The van der Waals surface area contributed by atoms with Gasteiger partial charge in [0.15, 0.2) is 0 Å². The molecule has 1 fully saturated rings. The first-order chi connectivity index (χ1) is 8.35. The van der Waals surface area contributed by atoms with E-state index < -0.39 is 30.5 Å². The molecule has 2 N–H and O–H groups in total. The SMILES string of the molecule is COC(=O)C(C(N)CC(F)(F)F)C1CCCCC1. The fourth-order valence-electron chi connectivity index (χ4n) is 2.74. The van der Waals surface area contributed by atoms with Gasteiger partial charge in [-0.05, 0) is 18.8 Å². The Bertz CT molecular complexity index is 275. The van der Waals surface area contributed by atoms with Gasteiger partial charge < -0.3 is 10.5 Å². The van der Waals surface area contributed by atoms with Gasteiger partial charge in [-0.3, -0.25) is 4.79 Å². The molecule has 3 nitrogen and oxygen atoms in total. The number of carbonyl (C=O) groups excluding carboxylic acids is 1. The second-order valence-electron chi connectivity index (χ2n) is 4.93. The maximum absolute atomic E-state index is 12.4. The number of ether oxygens (including phenoxy) is 1. The number of hydrogen-bond donors (Lipinski definition) is 1. The van der Waals surface area contributed by atoms with Gasteiger partial charge in [0.2, 0.25) is 0 Å². The largest absolute Gasteiger partial charge is 0.469 e. The third kappa shape index (κ3) is 4.48. The van der Waals surface area contributed by atoms with Crippen molar-refractivity contribution in [1.29, 1.82) is 0 Å². The van der Waals surface area contributed by atoms with E-state index in [9.17, 15) is 18.0 Å².